The molecule has 0 aromatic carbocycles. The monoisotopic (exact) mass is 295 g/mol. The Morgan fingerprint density at radius 3 is 2.86 bits per heavy atom. The number of piperidine rings is 1. The number of carbonyl (C=O) groups is 2. The van der Waals surface area contributed by atoms with Gasteiger partial charge in [0.1, 0.15) is 0 Å². The minimum atomic E-state index is 0.0382. The third kappa shape index (κ3) is 4.99. The van der Waals surface area contributed by atoms with E-state index >= 15 is 0 Å². The molecular weight excluding hydrogens is 266 g/mol. The maximum atomic E-state index is 12.1. The van der Waals surface area contributed by atoms with E-state index in [4.69, 9.17) is 0 Å². The number of hydrogen-bond acceptors (Lipinski definition) is 3. The molecule has 2 fully saturated rings. The van der Waals surface area contributed by atoms with Gasteiger partial charge in [-0.05, 0) is 51.1 Å². The van der Waals surface area contributed by atoms with Crippen molar-refractivity contribution in [3.8, 4) is 0 Å². The van der Waals surface area contributed by atoms with Crippen molar-refractivity contribution in [3.63, 3.8) is 0 Å². The molecule has 2 heterocycles. The van der Waals surface area contributed by atoms with Gasteiger partial charge in [0.25, 0.3) is 0 Å². The first-order valence-corrected chi connectivity index (χ1v) is 8.34. The highest BCUT2D eigenvalue weighted by Gasteiger charge is 2.24. The van der Waals surface area contributed by atoms with Crippen LogP contribution in [0.2, 0.25) is 0 Å². The Hall–Kier alpha value is -1.10. The van der Waals surface area contributed by atoms with Gasteiger partial charge in [0.05, 0.1) is 0 Å². The fourth-order valence-corrected chi connectivity index (χ4v) is 3.43. The van der Waals surface area contributed by atoms with Gasteiger partial charge in [0.2, 0.25) is 11.8 Å². The van der Waals surface area contributed by atoms with Crippen molar-refractivity contribution in [1.29, 1.82) is 0 Å². The molecule has 2 N–H and O–H groups in total. The highest BCUT2D eigenvalue weighted by atomic mass is 16.2. The normalized spacial score (nSPS) is 25.7. The fourth-order valence-electron chi connectivity index (χ4n) is 3.43. The van der Waals surface area contributed by atoms with E-state index < -0.39 is 0 Å². The second-order valence-electron chi connectivity index (χ2n) is 6.70. The second kappa shape index (κ2) is 7.78. The topological polar surface area (TPSA) is 61.4 Å². The smallest absolute Gasteiger partial charge is 0.222 e. The van der Waals surface area contributed by atoms with Crippen LogP contribution in [-0.2, 0) is 9.59 Å². The maximum absolute atomic E-state index is 12.1. The molecule has 0 spiro atoms. The zero-order valence-corrected chi connectivity index (χ0v) is 13.4. The third-order valence-corrected chi connectivity index (χ3v) is 4.72. The van der Waals surface area contributed by atoms with Gasteiger partial charge in [0.15, 0.2) is 0 Å². The number of hydrogen-bond donors (Lipinski definition) is 2. The van der Waals surface area contributed by atoms with Crippen LogP contribution in [0.25, 0.3) is 0 Å². The molecule has 2 aliphatic heterocycles. The number of rotatable bonds is 6. The second-order valence-corrected chi connectivity index (χ2v) is 6.70. The van der Waals surface area contributed by atoms with Gasteiger partial charge in [-0.1, -0.05) is 6.92 Å². The SMILES string of the molecule is CC(CN1CCCC1=O)NC(=O)CC(C)C1CCCNC1. The number of amides is 2. The molecule has 2 amide bonds. The van der Waals surface area contributed by atoms with Gasteiger partial charge in [-0.2, -0.15) is 0 Å². The van der Waals surface area contributed by atoms with E-state index in [9.17, 15) is 9.59 Å². The summed E-state index contributed by atoms with van der Waals surface area (Å²) in [7, 11) is 0. The summed E-state index contributed by atoms with van der Waals surface area (Å²) >= 11 is 0. The first-order chi connectivity index (χ1) is 10.1. The molecule has 120 valence electrons. The van der Waals surface area contributed by atoms with E-state index in [1.807, 2.05) is 11.8 Å². The Bertz CT molecular complexity index is 367. The first-order valence-electron chi connectivity index (χ1n) is 8.34. The van der Waals surface area contributed by atoms with E-state index in [0.717, 1.165) is 26.1 Å². The average molecular weight is 295 g/mol. The van der Waals surface area contributed by atoms with Crippen LogP contribution < -0.4 is 10.6 Å². The van der Waals surface area contributed by atoms with Gasteiger partial charge in [-0.3, -0.25) is 9.59 Å². The van der Waals surface area contributed by atoms with Crippen LogP contribution in [0.5, 0.6) is 0 Å². The molecule has 5 heteroatoms. The van der Waals surface area contributed by atoms with Gasteiger partial charge in [-0.15, -0.1) is 0 Å². The Morgan fingerprint density at radius 2 is 2.24 bits per heavy atom. The lowest BCUT2D eigenvalue weighted by molar-refractivity contribution is -0.129. The molecule has 0 radical (unpaired) electrons. The van der Waals surface area contributed by atoms with Crippen LogP contribution >= 0.6 is 0 Å². The van der Waals surface area contributed by atoms with E-state index in [1.54, 1.807) is 0 Å². The van der Waals surface area contributed by atoms with Gasteiger partial charge in [-0.25, -0.2) is 0 Å². The van der Waals surface area contributed by atoms with Gasteiger partial charge >= 0.3 is 0 Å². The number of carbonyl (C=O) groups excluding carboxylic acids is 2. The van der Waals surface area contributed by atoms with Crippen molar-refractivity contribution in [3.05, 3.63) is 0 Å². The molecule has 0 bridgehead atoms. The van der Waals surface area contributed by atoms with Crippen molar-refractivity contribution in [2.75, 3.05) is 26.2 Å². The van der Waals surface area contributed by atoms with Crippen LogP contribution in [0, 0.1) is 11.8 Å². The maximum Gasteiger partial charge on any atom is 0.222 e. The quantitative estimate of drug-likeness (QED) is 0.772. The third-order valence-electron chi connectivity index (χ3n) is 4.72. The summed E-state index contributed by atoms with van der Waals surface area (Å²) in [6.45, 7) is 7.78. The number of nitrogens with one attached hydrogen (secondary N) is 2. The van der Waals surface area contributed by atoms with Crippen molar-refractivity contribution >= 4 is 11.8 Å². The minimum absolute atomic E-state index is 0.0382. The van der Waals surface area contributed by atoms with E-state index in [0.29, 0.717) is 31.2 Å². The molecule has 3 unspecified atom stereocenters. The lowest BCUT2D eigenvalue weighted by Crippen LogP contribution is -2.43. The Morgan fingerprint density at radius 1 is 1.43 bits per heavy atom. The molecule has 0 saturated carbocycles. The van der Waals surface area contributed by atoms with E-state index in [-0.39, 0.29) is 17.9 Å². The van der Waals surface area contributed by atoms with Crippen molar-refractivity contribution in [1.82, 2.24) is 15.5 Å². The van der Waals surface area contributed by atoms with Gasteiger partial charge in [0, 0.05) is 32.0 Å². The number of likely N-dealkylation sites (tertiary alicyclic amines) is 1. The number of nitrogens with zero attached hydrogens (tertiary/aromatic N) is 1. The molecule has 2 aliphatic rings. The predicted molar refractivity (Wildman–Crippen MR) is 82.8 cm³/mol. The van der Waals surface area contributed by atoms with Crippen LogP contribution in [0.15, 0.2) is 0 Å². The molecule has 3 atom stereocenters. The zero-order chi connectivity index (χ0) is 15.2. The summed E-state index contributed by atoms with van der Waals surface area (Å²) in [5, 5.41) is 6.45. The van der Waals surface area contributed by atoms with E-state index in [2.05, 4.69) is 17.6 Å². The Labute approximate surface area is 127 Å². The zero-order valence-electron chi connectivity index (χ0n) is 13.4. The molecule has 5 nitrogen and oxygen atoms in total. The minimum Gasteiger partial charge on any atom is -0.352 e. The molecule has 2 saturated heterocycles. The van der Waals surface area contributed by atoms with Crippen LogP contribution in [0.3, 0.4) is 0 Å². The average Bonchev–Trinajstić information content (AvgIpc) is 2.84. The highest BCUT2D eigenvalue weighted by molar-refractivity contribution is 5.78. The van der Waals surface area contributed by atoms with Crippen LogP contribution in [0.4, 0.5) is 0 Å². The van der Waals surface area contributed by atoms with Crippen molar-refractivity contribution in [2.24, 2.45) is 11.8 Å². The molecule has 2 rings (SSSR count). The standard InChI is InChI=1S/C16H29N3O2/c1-12(14-5-3-7-17-10-14)9-15(20)18-13(2)11-19-8-4-6-16(19)21/h12-14,17H,3-11H2,1-2H3,(H,18,20). The van der Waals surface area contributed by atoms with Crippen molar-refractivity contribution in [2.45, 2.75) is 52.0 Å². The first kappa shape index (κ1) is 16.3. The Kier molecular flexibility index (Phi) is 6.03. The molecular formula is C16H29N3O2. The molecule has 21 heavy (non-hydrogen) atoms. The molecule has 0 aliphatic carbocycles. The lowest BCUT2D eigenvalue weighted by atomic mass is 9.85. The summed E-state index contributed by atoms with van der Waals surface area (Å²) < 4.78 is 0. The summed E-state index contributed by atoms with van der Waals surface area (Å²) in [5.74, 6) is 1.36. The predicted octanol–water partition coefficient (Wildman–Crippen LogP) is 1.14. The Balaban J connectivity index is 1.69. The summed E-state index contributed by atoms with van der Waals surface area (Å²) in [6, 6.07) is 0.0382. The van der Waals surface area contributed by atoms with Crippen LogP contribution in [-0.4, -0.2) is 48.9 Å². The highest BCUT2D eigenvalue weighted by Crippen LogP contribution is 2.22. The van der Waals surface area contributed by atoms with Crippen molar-refractivity contribution < 1.29 is 9.59 Å². The van der Waals surface area contributed by atoms with E-state index in [1.165, 1.54) is 12.8 Å². The fraction of sp³-hybridized carbons (Fsp3) is 0.875. The summed E-state index contributed by atoms with van der Waals surface area (Å²) in [6.07, 6.45) is 4.63. The summed E-state index contributed by atoms with van der Waals surface area (Å²) in [5.41, 5.74) is 0. The van der Waals surface area contributed by atoms with Crippen LogP contribution in [0.1, 0.15) is 46.0 Å². The van der Waals surface area contributed by atoms with Gasteiger partial charge < -0.3 is 15.5 Å². The lowest BCUT2D eigenvalue weighted by Gasteiger charge is -2.28. The summed E-state index contributed by atoms with van der Waals surface area (Å²) in [4.78, 5) is 25.6. The largest absolute Gasteiger partial charge is 0.352 e. The molecule has 0 aromatic heterocycles. The molecule has 0 aromatic rings.